The summed E-state index contributed by atoms with van der Waals surface area (Å²) in [4.78, 5) is 3.93. The summed E-state index contributed by atoms with van der Waals surface area (Å²) >= 11 is 5.39. The highest BCUT2D eigenvalue weighted by molar-refractivity contribution is 7.92. The number of rotatable bonds is 6. The average molecular weight is 265 g/mol. The maximum absolute atomic E-state index is 11.5. The van der Waals surface area contributed by atoms with E-state index in [2.05, 4.69) is 9.71 Å². The highest BCUT2D eigenvalue weighted by Crippen LogP contribution is 2.21. The first kappa shape index (κ1) is 13.1. The lowest BCUT2D eigenvalue weighted by Crippen LogP contribution is -2.18. The van der Waals surface area contributed by atoms with Gasteiger partial charge in [0.05, 0.1) is 12.4 Å². The molecule has 1 aromatic rings. The first-order valence-corrected chi connectivity index (χ1v) is 6.92. The van der Waals surface area contributed by atoms with Crippen LogP contribution in [0.5, 0.6) is 5.88 Å². The molecule has 0 saturated heterocycles. The van der Waals surface area contributed by atoms with Crippen molar-refractivity contribution in [2.45, 2.75) is 6.92 Å². The lowest BCUT2D eigenvalue weighted by Gasteiger charge is -2.10. The van der Waals surface area contributed by atoms with Gasteiger partial charge in [0.2, 0.25) is 15.9 Å². The number of aromatic nitrogens is 1. The van der Waals surface area contributed by atoms with Crippen molar-refractivity contribution in [3.63, 3.8) is 0 Å². The molecular weight excluding hydrogens is 252 g/mol. The van der Waals surface area contributed by atoms with Crippen molar-refractivity contribution >= 4 is 27.3 Å². The Morgan fingerprint density at radius 1 is 1.56 bits per heavy atom. The second-order valence-electron chi connectivity index (χ2n) is 2.90. The van der Waals surface area contributed by atoms with Crippen LogP contribution in [0.4, 0.5) is 5.69 Å². The van der Waals surface area contributed by atoms with Crippen LogP contribution in [0, 0.1) is 0 Å². The Balaban J connectivity index is 2.88. The predicted molar refractivity (Wildman–Crippen MR) is 63.5 cm³/mol. The van der Waals surface area contributed by atoms with Gasteiger partial charge in [-0.3, -0.25) is 4.72 Å². The van der Waals surface area contributed by atoms with E-state index in [1.165, 1.54) is 6.20 Å². The van der Waals surface area contributed by atoms with Gasteiger partial charge in [-0.25, -0.2) is 13.4 Å². The number of sulfonamides is 1. The van der Waals surface area contributed by atoms with Gasteiger partial charge < -0.3 is 4.74 Å². The van der Waals surface area contributed by atoms with Gasteiger partial charge in [0, 0.05) is 12.1 Å². The Kier molecular flexibility index (Phi) is 4.82. The lowest BCUT2D eigenvalue weighted by molar-refractivity contribution is 0.329. The molecule has 90 valence electrons. The second kappa shape index (κ2) is 5.91. The SMILES string of the molecule is CCOc1ncccc1NS(=O)(=O)CCCl. The van der Waals surface area contributed by atoms with Crippen LogP contribution in [0.2, 0.25) is 0 Å². The highest BCUT2D eigenvalue weighted by Gasteiger charge is 2.13. The van der Waals surface area contributed by atoms with E-state index in [0.29, 0.717) is 12.3 Å². The Morgan fingerprint density at radius 2 is 2.31 bits per heavy atom. The van der Waals surface area contributed by atoms with Crippen LogP contribution in [0.25, 0.3) is 0 Å². The minimum atomic E-state index is -3.43. The summed E-state index contributed by atoms with van der Waals surface area (Å²) in [6, 6.07) is 3.21. The molecule has 1 aromatic heterocycles. The van der Waals surface area contributed by atoms with Crippen LogP contribution in [-0.2, 0) is 10.0 Å². The fraction of sp³-hybridized carbons (Fsp3) is 0.444. The normalized spacial score (nSPS) is 11.1. The van der Waals surface area contributed by atoms with Crippen molar-refractivity contribution in [1.29, 1.82) is 0 Å². The number of halogens is 1. The highest BCUT2D eigenvalue weighted by atomic mass is 35.5. The van der Waals surface area contributed by atoms with Crippen LogP contribution in [0.15, 0.2) is 18.3 Å². The van der Waals surface area contributed by atoms with Crippen LogP contribution >= 0.6 is 11.6 Å². The van der Waals surface area contributed by atoms with Crippen LogP contribution < -0.4 is 9.46 Å². The van der Waals surface area contributed by atoms with E-state index in [-0.39, 0.29) is 17.5 Å². The van der Waals surface area contributed by atoms with Gasteiger partial charge >= 0.3 is 0 Å². The molecule has 0 atom stereocenters. The summed E-state index contributed by atoms with van der Waals surface area (Å²) in [5, 5.41) is 0. The van der Waals surface area contributed by atoms with E-state index in [0.717, 1.165) is 0 Å². The zero-order valence-corrected chi connectivity index (χ0v) is 10.4. The van der Waals surface area contributed by atoms with E-state index in [9.17, 15) is 8.42 Å². The molecule has 5 nitrogen and oxygen atoms in total. The molecule has 7 heteroatoms. The molecule has 0 bridgehead atoms. The zero-order valence-electron chi connectivity index (χ0n) is 8.81. The molecule has 0 aliphatic carbocycles. The molecule has 0 fully saturated rings. The summed E-state index contributed by atoms with van der Waals surface area (Å²) < 4.78 is 30.5. The maximum Gasteiger partial charge on any atom is 0.238 e. The molecule has 0 radical (unpaired) electrons. The molecular formula is C9H13ClN2O3S. The Hall–Kier alpha value is -1.01. The van der Waals surface area contributed by atoms with E-state index < -0.39 is 10.0 Å². The van der Waals surface area contributed by atoms with Crippen molar-refractivity contribution in [1.82, 2.24) is 4.98 Å². The van der Waals surface area contributed by atoms with Gasteiger partial charge in [-0.1, -0.05) is 0 Å². The third kappa shape index (κ3) is 3.86. The minimum absolute atomic E-state index is 0.0412. The largest absolute Gasteiger partial charge is 0.476 e. The van der Waals surface area contributed by atoms with Crippen LogP contribution in [0.3, 0.4) is 0 Å². The summed E-state index contributed by atoms with van der Waals surface area (Å²) in [6.07, 6.45) is 1.53. The number of anilines is 1. The Labute approximate surface area is 99.8 Å². The first-order chi connectivity index (χ1) is 7.59. The van der Waals surface area contributed by atoms with Crippen molar-refractivity contribution < 1.29 is 13.2 Å². The Bertz CT molecular complexity index is 436. The van der Waals surface area contributed by atoms with Gasteiger partial charge in [-0.05, 0) is 19.1 Å². The van der Waals surface area contributed by atoms with Gasteiger partial charge in [0.15, 0.2) is 0 Å². The molecule has 1 N–H and O–H groups in total. The fourth-order valence-corrected chi connectivity index (χ4v) is 2.45. The first-order valence-electron chi connectivity index (χ1n) is 4.73. The zero-order chi connectivity index (χ0) is 12.0. The molecule has 0 saturated carbocycles. The number of ether oxygens (including phenoxy) is 1. The molecule has 1 heterocycles. The summed E-state index contributed by atoms with van der Waals surface area (Å²) in [5.41, 5.74) is 0.328. The second-order valence-corrected chi connectivity index (χ2v) is 5.12. The van der Waals surface area contributed by atoms with Gasteiger partial charge in [-0.2, -0.15) is 0 Å². The number of nitrogens with one attached hydrogen (secondary N) is 1. The molecule has 0 aliphatic rings. The smallest absolute Gasteiger partial charge is 0.238 e. The molecule has 0 unspecified atom stereocenters. The summed E-state index contributed by atoms with van der Waals surface area (Å²) in [6.45, 7) is 2.22. The summed E-state index contributed by atoms with van der Waals surface area (Å²) in [7, 11) is -3.43. The van der Waals surface area contributed by atoms with Gasteiger partial charge in [0.1, 0.15) is 5.69 Å². The predicted octanol–water partition coefficient (Wildman–Crippen LogP) is 1.46. The third-order valence-corrected chi connectivity index (χ3v) is 3.35. The fourth-order valence-electron chi connectivity index (χ4n) is 1.04. The molecule has 16 heavy (non-hydrogen) atoms. The van der Waals surface area contributed by atoms with Crippen LogP contribution in [0.1, 0.15) is 6.92 Å². The molecule has 0 aliphatic heterocycles. The molecule has 0 spiro atoms. The number of hydrogen-bond donors (Lipinski definition) is 1. The van der Waals surface area contributed by atoms with Gasteiger partial charge in [-0.15, -0.1) is 11.6 Å². The number of nitrogens with zero attached hydrogens (tertiary/aromatic N) is 1. The van der Waals surface area contributed by atoms with E-state index in [4.69, 9.17) is 16.3 Å². The standard InChI is InChI=1S/C9H13ClN2O3S/c1-2-15-9-8(4-3-6-11-9)12-16(13,14)7-5-10/h3-4,6,12H,2,5,7H2,1H3. The number of pyridine rings is 1. The van der Waals surface area contributed by atoms with Crippen LogP contribution in [-0.4, -0.2) is 31.6 Å². The summed E-state index contributed by atoms with van der Waals surface area (Å²) in [5.74, 6) is 0.164. The number of hydrogen-bond acceptors (Lipinski definition) is 4. The molecule has 0 aromatic carbocycles. The Morgan fingerprint density at radius 3 is 2.94 bits per heavy atom. The molecule has 1 rings (SSSR count). The lowest BCUT2D eigenvalue weighted by atomic mass is 10.4. The molecule has 0 amide bonds. The van der Waals surface area contributed by atoms with E-state index >= 15 is 0 Å². The third-order valence-electron chi connectivity index (χ3n) is 1.66. The quantitative estimate of drug-likeness (QED) is 0.790. The van der Waals surface area contributed by atoms with Crippen molar-refractivity contribution in [2.24, 2.45) is 0 Å². The topological polar surface area (TPSA) is 68.3 Å². The number of alkyl halides is 1. The maximum atomic E-state index is 11.5. The van der Waals surface area contributed by atoms with E-state index in [1.807, 2.05) is 0 Å². The minimum Gasteiger partial charge on any atom is -0.476 e. The van der Waals surface area contributed by atoms with E-state index in [1.54, 1.807) is 19.1 Å². The van der Waals surface area contributed by atoms with Crippen molar-refractivity contribution in [3.05, 3.63) is 18.3 Å². The van der Waals surface area contributed by atoms with Crippen molar-refractivity contribution in [2.75, 3.05) is 23.0 Å². The van der Waals surface area contributed by atoms with Gasteiger partial charge in [0.25, 0.3) is 0 Å². The monoisotopic (exact) mass is 264 g/mol. The average Bonchev–Trinajstić information content (AvgIpc) is 2.20. The van der Waals surface area contributed by atoms with Crippen molar-refractivity contribution in [3.8, 4) is 5.88 Å².